The maximum Gasteiger partial charge on any atom is 0.332 e. The summed E-state index contributed by atoms with van der Waals surface area (Å²) in [7, 11) is 0. The smallest absolute Gasteiger partial charge is 0.332 e. The first kappa shape index (κ1) is 14.0. The number of carboxylic acid groups (broad SMARTS) is 1. The molecule has 2 atom stereocenters. The molecule has 0 spiro atoms. The molecule has 0 bridgehead atoms. The van der Waals surface area contributed by atoms with E-state index in [-0.39, 0.29) is 30.3 Å². The quantitative estimate of drug-likeness (QED) is 0.623. The van der Waals surface area contributed by atoms with Crippen LogP contribution in [0, 0.1) is 0 Å². The third kappa shape index (κ3) is 3.03. The van der Waals surface area contributed by atoms with Gasteiger partial charge in [0.15, 0.2) is 11.8 Å². The summed E-state index contributed by atoms with van der Waals surface area (Å²) >= 11 is 0. The van der Waals surface area contributed by atoms with Gasteiger partial charge in [0.1, 0.15) is 0 Å². The fraction of sp³-hybridized carbons (Fsp3) is 0.667. The molecule has 0 radical (unpaired) electrons. The van der Waals surface area contributed by atoms with Gasteiger partial charge in [0.25, 0.3) is 5.91 Å². The molecule has 21 heavy (non-hydrogen) atoms. The Bertz CT molecular complexity index is 542. The van der Waals surface area contributed by atoms with E-state index in [1.54, 1.807) is 10.9 Å². The van der Waals surface area contributed by atoms with Gasteiger partial charge in [-0.25, -0.2) is 9.48 Å². The van der Waals surface area contributed by atoms with Crippen LogP contribution in [0.3, 0.4) is 0 Å². The minimum atomic E-state index is -0.958. The van der Waals surface area contributed by atoms with E-state index in [0.717, 1.165) is 13.1 Å². The van der Waals surface area contributed by atoms with Crippen molar-refractivity contribution in [3.8, 4) is 0 Å². The van der Waals surface area contributed by atoms with Gasteiger partial charge in [-0.05, 0) is 12.8 Å². The Kier molecular flexibility index (Phi) is 3.84. The van der Waals surface area contributed by atoms with E-state index in [2.05, 4.69) is 20.9 Å². The molecular weight excluding hydrogens is 278 g/mol. The molecule has 0 saturated carbocycles. The Morgan fingerprint density at radius 3 is 2.90 bits per heavy atom. The minimum Gasteiger partial charge on any atom is -0.479 e. The van der Waals surface area contributed by atoms with Gasteiger partial charge in [0, 0.05) is 19.6 Å². The Hall–Kier alpha value is -2.00. The van der Waals surface area contributed by atoms with Gasteiger partial charge in [-0.2, -0.15) is 0 Å². The first-order valence-electron chi connectivity index (χ1n) is 6.92. The summed E-state index contributed by atoms with van der Waals surface area (Å²) in [5.74, 6) is -1.28. The van der Waals surface area contributed by atoms with Gasteiger partial charge in [0.05, 0.1) is 18.3 Å². The Labute approximate surface area is 120 Å². The second-order valence-electron chi connectivity index (χ2n) is 5.27. The zero-order valence-electron chi connectivity index (χ0n) is 11.4. The van der Waals surface area contributed by atoms with E-state index >= 15 is 0 Å². The van der Waals surface area contributed by atoms with E-state index in [1.165, 1.54) is 0 Å². The number of carbonyl (C=O) groups excluding carboxylic acids is 1. The molecule has 3 rings (SSSR count). The van der Waals surface area contributed by atoms with Crippen LogP contribution in [0.2, 0.25) is 0 Å². The number of aromatic nitrogens is 3. The van der Waals surface area contributed by atoms with Gasteiger partial charge >= 0.3 is 5.97 Å². The van der Waals surface area contributed by atoms with Crippen LogP contribution in [-0.4, -0.2) is 63.8 Å². The molecule has 2 saturated heterocycles. The molecule has 2 unspecified atom stereocenters. The maximum absolute atomic E-state index is 11.9. The summed E-state index contributed by atoms with van der Waals surface area (Å²) in [6.45, 7) is 1.94. The van der Waals surface area contributed by atoms with Crippen LogP contribution >= 0.6 is 0 Å². The third-order valence-electron chi connectivity index (χ3n) is 3.75. The average Bonchev–Trinajstić information content (AvgIpc) is 3.02. The normalized spacial score (nSPS) is 25.5. The van der Waals surface area contributed by atoms with Crippen LogP contribution in [-0.2, 0) is 9.53 Å². The van der Waals surface area contributed by atoms with Crippen LogP contribution in [0.1, 0.15) is 29.4 Å². The first-order valence-corrected chi connectivity index (χ1v) is 6.92. The van der Waals surface area contributed by atoms with Gasteiger partial charge < -0.3 is 20.5 Å². The molecule has 2 aliphatic heterocycles. The number of carbonyl (C=O) groups is 2. The summed E-state index contributed by atoms with van der Waals surface area (Å²) in [6, 6.07) is 0.258. The Morgan fingerprint density at radius 1 is 1.48 bits per heavy atom. The van der Waals surface area contributed by atoms with Crippen molar-refractivity contribution >= 4 is 11.9 Å². The molecule has 2 fully saturated rings. The third-order valence-corrected chi connectivity index (χ3v) is 3.75. The monoisotopic (exact) mass is 295 g/mol. The van der Waals surface area contributed by atoms with Gasteiger partial charge in [-0.3, -0.25) is 4.79 Å². The highest BCUT2D eigenvalue weighted by Gasteiger charge is 2.30. The Balaban J connectivity index is 1.48. The molecule has 1 aromatic heterocycles. The molecule has 2 aliphatic rings. The van der Waals surface area contributed by atoms with E-state index in [9.17, 15) is 9.59 Å². The van der Waals surface area contributed by atoms with Crippen LogP contribution in [0.4, 0.5) is 0 Å². The maximum atomic E-state index is 11.9. The molecule has 0 aliphatic carbocycles. The number of ether oxygens (including phenoxy) is 1. The highest BCUT2D eigenvalue weighted by atomic mass is 16.5. The summed E-state index contributed by atoms with van der Waals surface area (Å²) in [4.78, 5) is 22.7. The lowest BCUT2D eigenvalue weighted by molar-refractivity contribution is -0.149. The zero-order valence-corrected chi connectivity index (χ0v) is 11.4. The standard InChI is InChI=1S/C12H17N5O4/c18-11(9-6-17(16-15-9)7-3-13-4-7)14-5-8-1-2-10(21-8)12(19)20/h6-8,10,13H,1-5H2,(H,14,18)(H,19,20). The fourth-order valence-corrected chi connectivity index (χ4v) is 2.35. The first-order chi connectivity index (χ1) is 10.1. The largest absolute Gasteiger partial charge is 0.479 e. The molecule has 3 N–H and O–H groups in total. The summed E-state index contributed by atoms with van der Waals surface area (Å²) in [6.07, 6.45) is 1.69. The topological polar surface area (TPSA) is 118 Å². The number of carboxylic acids is 1. The van der Waals surface area contributed by atoms with Crippen molar-refractivity contribution in [1.29, 1.82) is 0 Å². The fourth-order valence-electron chi connectivity index (χ4n) is 2.35. The molecule has 0 aromatic carbocycles. The lowest BCUT2D eigenvalue weighted by atomic mass is 10.2. The van der Waals surface area contributed by atoms with Crippen molar-refractivity contribution in [1.82, 2.24) is 25.6 Å². The van der Waals surface area contributed by atoms with Gasteiger partial charge in [0.2, 0.25) is 0 Å². The highest BCUT2D eigenvalue weighted by Crippen LogP contribution is 2.19. The molecule has 9 nitrogen and oxygen atoms in total. The van der Waals surface area contributed by atoms with Crippen molar-refractivity contribution in [2.24, 2.45) is 0 Å². The second-order valence-corrected chi connectivity index (χ2v) is 5.27. The van der Waals surface area contributed by atoms with Crippen LogP contribution in [0.5, 0.6) is 0 Å². The van der Waals surface area contributed by atoms with Crippen molar-refractivity contribution in [2.45, 2.75) is 31.1 Å². The SMILES string of the molecule is O=C(NCC1CCC(C(=O)O)O1)c1cn(C2CNC2)nn1. The zero-order chi connectivity index (χ0) is 14.8. The van der Waals surface area contributed by atoms with Crippen LogP contribution in [0.25, 0.3) is 0 Å². The molecule has 114 valence electrons. The van der Waals surface area contributed by atoms with Crippen LogP contribution < -0.4 is 10.6 Å². The lowest BCUT2D eigenvalue weighted by Gasteiger charge is -2.26. The number of rotatable bonds is 5. The average molecular weight is 295 g/mol. The number of hydrogen-bond acceptors (Lipinski definition) is 6. The van der Waals surface area contributed by atoms with Crippen molar-refractivity contribution in [3.63, 3.8) is 0 Å². The van der Waals surface area contributed by atoms with Crippen molar-refractivity contribution in [2.75, 3.05) is 19.6 Å². The number of aliphatic carboxylic acids is 1. The minimum absolute atomic E-state index is 0.258. The van der Waals surface area contributed by atoms with Crippen molar-refractivity contribution < 1.29 is 19.4 Å². The van der Waals surface area contributed by atoms with Gasteiger partial charge in [-0.1, -0.05) is 5.21 Å². The van der Waals surface area contributed by atoms with E-state index in [4.69, 9.17) is 9.84 Å². The number of nitrogens with zero attached hydrogens (tertiary/aromatic N) is 3. The van der Waals surface area contributed by atoms with E-state index in [0.29, 0.717) is 12.8 Å². The Morgan fingerprint density at radius 2 is 2.29 bits per heavy atom. The van der Waals surface area contributed by atoms with E-state index in [1.807, 2.05) is 0 Å². The predicted octanol–water partition coefficient (Wildman–Crippen LogP) is -1.22. The number of hydrogen-bond donors (Lipinski definition) is 3. The molecule has 9 heteroatoms. The molecule has 1 aromatic rings. The summed E-state index contributed by atoms with van der Waals surface area (Å²) in [5.41, 5.74) is 0.259. The highest BCUT2D eigenvalue weighted by molar-refractivity contribution is 5.91. The predicted molar refractivity (Wildman–Crippen MR) is 69.8 cm³/mol. The lowest BCUT2D eigenvalue weighted by Crippen LogP contribution is -2.43. The second kappa shape index (κ2) is 5.78. The van der Waals surface area contributed by atoms with Crippen LogP contribution in [0.15, 0.2) is 6.20 Å². The summed E-state index contributed by atoms with van der Waals surface area (Å²) in [5, 5.41) is 22.4. The van der Waals surface area contributed by atoms with E-state index < -0.39 is 12.1 Å². The molecular formula is C12H17N5O4. The van der Waals surface area contributed by atoms with Crippen molar-refractivity contribution in [3.05, 3.63) is 11.9 Å². The molecule has 1 amide bonds. The summed E-state index contributed by atoms with van der Waals surface area (Å²) < 4.78 is 6.99. The van der Waals surface area contributed by atoms with Gasteiger partial charge in [-0.15, -0.1) is 5.10 Å². The molecule has 3 heterocycles. The number of amides is 1. The number of nitrogens with one attached hydrogen (secondary N) is 2.